The second-order valence-corrected chi connectivity index (χ2v) is 5.87. The number of nitrogens with zero attached hydrogens (tertiary/aromatic N) is 1. The highest BCUT2D eigenvalue weighted by molar-refractivity contribution is 9.10. The van der Waals surface area contributed by atoms with E-state index in [1.165, 1.54) is 0 Å². The van der Waals surface area contributed by atoms with E-state index in [4.69, 9.17) is 4.74 Å². The molecule has 0 saturated carbocycles. The predicted molar refractivity (Wildman–Crippen MR) is 90.1 cm³/mol. The molecule has 4 nitrogen and oxygen atoms in total. The van der Waals surface area contributed by atoms with Gasteiger partial charge in [-0.1, -0.05) is 28.9 Å². The number of hydrogen-bond acceptors (Lipinski definition) is 3. The number of pyridine rings is 1. The molecule has 0 aliphatic carbocycles. The van der Waals surface area contributed by atoms with Gasteiger partial charge < -0.3 is 10.1 Å². The van der Waals surface area contributed by atoms with Gasteiger partial charge in [0.05, 0.1) is 6.61 Å². The van der Waals surface area contributed by atoms with Gasteiger partial charge in [0.1, 0.15) is 0 Å². The maximum absolute atomic E-state index is 12.3. The number of halogens is 1. The third-order valence-electron chi connectivity index (χ3n) is 3.17. The summed E-state index contributed by atoms with van der Waals surface area (Å²) in [5.74, 6) is 0.479. The van der Waals surface area contributed by atoms with E-state index >= 15 is 0 Å². The first-order valence-corrected chi connectivity index (χ1v) is 8.02. The van der Waals surface area contributed by atoms with E-state index in [1.807, 2.05) is 44.2 Å². The highest BCUT2D eigenvalue weighted by Gasteiger charge is 2.11. The minimum absolute atomic E-state index is 0.102. The van der Waals surface area contributed by atoms with E-state index in [9.17, 15) is 4.79 Å². The summed E-state index contributed by atoms with van der Waals surface area (Å²) in [6, 6.07) is 9.35. The van der Waals surface area contributed by atoms with E-state index < -0.39 is 0 Å². The number of amides is 1. The van der Waals surface area contributed by atoms with Crippen LogP contribution < -0.4 is 10.1 Å². The largest absolute Gasteiger partial charge is 0.477 e. The molecular weight excluding hydrogens is 344 g/mol. The summed E-state index contributed by atoms with van der Waals surface area (Å²) in [4.78, 5) is 16.5. The Labute approximate surface area is 139 Å². The summed E-state index contributed by atoms with van der Waals surface area (Å²) in [7, 11) is 0. The number of nitrogens with one attached hydrogen (secondary N) is 1. The first kappa shape index (κ1) is 16.5. The Morgan fingerprint density at radius 1 is 1.36 bits per heavy atom. The van der Waals surface area contributed by atoms with Crippen LogP contribution in [-0.2, 0) is 6.54 Å². The number of hydrogen-bond donors (Lipinski definition) is 1. The van der Waals surface area contributed by atoms with Crippen molar-refractivity contribution in [3.8, 4) is 5.88 Å². The topological polar surface area (TPSA) is 51.2 Å². The molecule has 0 atom stereocenters. The van der Waals surface area contributed by atoms with E-state index in [0.717, 1.165) is 22.0 Å². The average Bonchev–Trinajstić information content (AvgIpc) is 2.51. The molecular formula is C17H19BrN2O2. The lowest BCUT2D eigenvalue weighted by molar-refractivity contribution is 0.0950. The predicted octanol–water partition coefficient (Wildman–Crippen LogP) is 3.87. The number of aryl methyl sites for hydroxylation is 1. The van der Waals surface area contributed by atoms with Crippen LogP contribution in [0.15, 0.2) is 41.0 Å². The number of ether oxygens (including phenoxy) is 1. The number of rotatable bonds is 6. The number of carbonyl (C=O) groups is 1. The van der Waals surface area contributed by atoms with Crippen LogP contribution in [0.3, 0.4) is 0 Å². The Hall–Kier alpha value is -1.88. The molecule has 0 bridgehead atoms. The van der Waals surface area contributed by atoms with Crippen molar-refractivity contribution in [2.45, 2.75) is 26.8 Å². The molecule has 1 N–H and O–H groups in total. The fourth-order valence-electron chi connectivity index (χ4n) is 2.04. The Morgan fingerprint density at radius 2 is 2.18 bits per heavy atom. The summed E-state index contributed by atoms with van der Waals surface area (Å²) in [6.07, 6.45) is 2.61. The maximum Gasteiger partial charge on any atom is 0.251 e. The average molecular weight is 363 g/mol. The highest BCUT2D eigenvalue weighted by atomic mass is 79.9. The van der Waals surface area contributed by atoms with Gasteiger partial charge in [0.2, 0.25) is 5.88 Å². The molecule has 2 aromatic rings. The Kier molecular flexibility index (Phi) is 5.95. The van der Waals surface area contributed by atoms with Crippen LogP contribution in [0.1, 0.15) is 34.8 Å². The summed E-state index contributed by atoms with van der Waals surface area (Å²) in [5.41, 5.74) is 2.47. The smallest absolute Gasteiger partial charge is 0.251 e. The third-order valence-corrected chi connectivity index (χ3v) is 3.66. The van der Waals surface area contributed by atoms with E-state index in [-0.39, 0.29) is 5.91 Å². The molecule has 1 heterocycles. The zero-order valence-electron chi connectivity index (χ0n) is 12.7. The lowest BCUT2D eigenvalue weighted by atomic mass is 10.1. The van der Waals surface area contributed by atoms with Gasteiger partial charge in [0, 0.05) is 28.3 Å². The van der Waals surface area contributed by atoms with Crippen LogP contribution in [0, 0.1) is 6.92 Å². The summed E-state index contributed by atoms with van der Waals surface area (Å²) < 4.78 is 6.56. The van der Waals surface area contributed by atoms with Gasteiger partial charge in [-0.3, -0.25) is 4.79 Å². The summed E-state index contributed by atoms with van der Waals surface area (Å²) >= 11 is 3.40. The van der Waals surface area contributed by atoms with Crippen LogP contribution in [0.5, 0.6) is 5.88 Å². The lowest BCUT2D eigenvalue weighted by Gasteiger charge is -2.11. The van der Waals surface area contributed by atoms with Gasteiger partial charge in [-0.05, 0) is 43.2 Å². The van der Waals surface area contributed by atoms with Crippen molar-refractivity contribution < 1.29 is 9.53 Å². The molecule has 2 rings (SSSR count). The van der Waals surface area contributed by atoms with Crippen LogP contribution >= 0.6 is 15.9 Å². The van der Waals surface area contributed by atoms with Crippen molar-refractivity contribution in [1.29, 1.82) is 0 Å². The lowest BCUT2D eigenvalue weighted by Crippen LogP contribution is -2.24. The van der Waals surface area contributed by atoms with Crippen LogP contribution in [0.2, 0.25) is 0 Å². The van der Waals surface area contributed by atoms with E-state index in [0.29, 0.717) is 24.6 Å². The minimum atomic E-state index is -0.102. The molecule has 5 heteroatoms. The zero-order valence-corrected chi connectivity index (χ0v) is 14.3. The molecule has 0 aliphatic rings. The molecule has 22 heavy (non-hydrogen) atoms. The van der Waals surface area contributed by atoms with Gasteiger partial charge in [0.25, 0.3) is 5.91 Å². The molecule has 1 amide bonds. The maximum atomic E-state index is 12.3. The van der Waals surface area contributed by atoms with Gasteiger partial charge in [-0.25, -0.2) is 4.98 Å². The number of aromatic nitrogens is 1. The first-order chi connectivity index (χ1) is 10.6. The summed E-state index contributed by atoms with van der Waals surface area (Å²) in [5, 5.41) is 2.92. The van der Waals surface area contributed by atoms with Crippen LogP contribution in [0.4, 0.5) is 0 Å². The summed E-state index contributed by atoms with van der Waals surface area (Å²) in [6.45, 7) is 4.96. The SMILES string of the molecule is CCCOc1ncccc1CNC(=O)c1ccc(Br)cc1C. The quantitative estimate of drug-likeness (QED) is 0.848. The second-order valence-electron chi connectivity index (χ2n) is 4.96. The van der Waals surface area contributed by atoms with Crippen LogP contribution in [-0.4, -0.2) is 17.5 Å². The van der Waals surface area contributed by atoms with Crippen LogP contribution in [0.25, 0.3) is 0 Å². The molecule has 1 aromatic carbocycles. The second kappa shape index (κ2) is 7.94. The number of benzene rings is 1. The highest BCUT2D eigenvalue weighted by Crippen LogP contribution is 2.17. The molecule has 1 aromatic heterocycles. The normalized spacial score (nSPS) is 10.3. The Morgan fingerprint density at radius 3 is 2.91 bits per heavy atom. The van der Waals surface area contributed by atoms with Crippen molar-refractivity contribution in [3.63, 3.8) is 0 Å². The number of carbonyl (C=O) groups excluding carboxylic acids is 1. The monoisotopic (exact) mass is 362 g/mol. The first-order valence-electron chi connectivity index (χ1n) is 7.23. The molecule has 0 radical (unpaired) electrons. The molecule has 0 fully saturated rings. The molecule has 116 valence electrons. The fraction of sp³-hybridized carbons (Fsp3) is 0.294. The van der Waals surface area contributed by atoms with Gasteiger partial charge >= 0.3 is 0 Å². The van der Waals surface area contributed by atoms with Crippen molar-refractivity contribution >= 4 is 21.8 Å². The third kappa shape index (κ3) is 4.31. The molecule has 0 spiro atoms. The van der Waals surface area contributed by atoms with Crippen molar-refractivity contribution in [2.75, 3.05) is 6.61 Å². The molecule has 0 saturated heterocycles. The van der Waals surface area contributed by atoms with E-state index in [2.05, 4.69) is 26.2 Å². The van der Waals surface area contributed by atoms with Gasteiger partial charge in [-0.15, -0.1) is 0 Å². The minimum Gasteiger partial charge on any atom is -0.477 e. The standard InChI is InChI=1S/C17H19BrN2O2/c1-3-9-22-17-13(5-4-8-19-17)11-20-16(21)15-7-6-14(18)10-12(15)2/h4-8,10H,3,9,11H2,1-2H3,(H,20,21). The van der Waals surface area contributed by atoms with Crippen molar-refractivity contribution in [2.24, 2.45) is 0 Å². The molecule has 0 unspecified atom stereocenters. The van der Waals surface area contributed by atoms with E-state index in [1.54, 1.807) is 6.20 Å². The Bertz CT molecular complexity index is 659. The van der Waals surface area contributed by atoms with Crippen molar-refractivity contribution in [1.82, 2.24) is 10.3 Å². The van der Waals surface area contributed by atoms with Gasteiger partial charge in [0.15, 0.2) is 0 Å². The fourth-order valence-corrected chi connectivity index (χ4v) is 2.52. The Balaban J connectivity index is 2.05. The van der Waals surface area contributed by atoms with Gasteiger partial charge in [-0.2, -0.15) is 0 Å². The molecule has 0 aliphatic heterocycles. The zero-order chi connectivity index (χ0) is 15.9. The van der Waals surface area contributed by atoms with Crippen molar-refractivity contribution in [3.05, 3.63) is 57.7 Å².